The molecule has 1 rings (SSSR count). The smallest absolute Gasteiger partial charge is 0.0664 e. The van der Waals surface area contributed by atoms with Crippen molar-refractivity contribution >= 4 is 11.3 Å². The SMILES string of the molecule is CC[C@@H](O)CN(C)[C@H](C)Cc1ccsc1. The normalized spacial score (nSPS) is 15.5. The number of nitrogens with zero attached hydrogens (tertiary/aromatic N) is 1. The average Bonchev–Trinajstić information content (AvgIpc) is 2.70. The molecule has 86 valence electrons. The highest BCUT2D eigenvalue weighted by atomic mass is 32.1. The van der Waals surface area contributed by atoms with Crippen LogP contribution in [0, 0.1) is 0 Å². The maximum absolute atomic E-state index is 9.56. The molecule has 1 N–H and O–H groups in total. The van der Waals surface area contributed by atoms with E-state index in [0.717, 1.165) is 19.4 Å². The number of thiophene rings is 1. The van der Waals surface area contributed by atoms with Gasteiger partial charge in [0.15, 0.2) is 0 Å². The zero-order valence-electron chi connectivity index (χ0n) is 9.81. The molecule has 0 aliphatic rings. The predicted octanol–water partition coefficient (Wildman–Crippen LogP) is 2.38. The van der Waals surface area contributed by atoms with Gasteiger partial charge in [0.05, 0.1) is 6.10 Å². The first-order valence-electron chi connectivity index (χ1n) is 5.52. The molecule has 0 saturated heterocycles. The van der Waals surface area contributed by atoms with Crippen LogP contribution in [-0.2, 0) is 6.42 Å². The van der Waals surface area contributed by atoms with E-state index in [0.29, 0.717) is 6.04 Å². The van der Waals surface area contributed by atoms with Crippen molar-refractivity contribution in [3.05, 3.63) is 22.4 Å². The summed E-state index contributed by atoms with van der Waals surface area (Å²) in [4.78, 5) is 2.23. The van der Waals surface area contributed by atoms with Crippen LogP contribution in [0.4, 0.5) is 0 Å². The van der Waals surface area contributed by atoms with E-state index in [-0.39, 0.29) is 6.10 Å². The molecule has 1 aromatic heterocycles. The quantitative estimate of drug-likeness (QED) is 0.806. The fourth-order valence-corrected chi connectivity index (χ4v) is 2.23. The highest BCUT2D eigenvalue weighted by Crippen LogP contribution is 2.11. The minimum Gasteiger partial charge on any atom is -0.392 e. The fourth-order valence-electron chi connectivity index (χ4n) is 1.55. The molecule has 0 unspecified atom stereocenters. The topological polar surface area (TPSA) is 23.5 Å². The van der Waals surface area contributed by atoms with Gasteiger partial charge >= 0.3 is 0 Å². The lowest BCUT2D eigenvalue weighted by molar-refractivity contribution is 0.105. The molecular formula is C12H21NOS. The Bertz CT molecular complexity index is 261. The van der Waals surface area contributed by atoms with Crippen LogP contribution >= 0.6 is 11.3 Å². The Hall–Kier alpha value is -0.380. The van der Waals surface area contributed by atoms with Crippen molar-refractivity contribution in [3.63, 3.8) is 0 Å². The van der Waals surface area contributed by atoms with Crippen LogP contribution in [0.1, 0.15) is 25.8 Å². The standard InChI is InChI=1S/C12H21NOS/c1-4-12(14)8-13(3)10(2)7-11-5-6-15-9-11/h5-6,9-10,12,14H,4,7-8H2,1-3H3/t10-,12-/m1/s1. The molecular weight excluding hydrogens is 206 g/mol. The number of aliphatic hydroxyl groups is 1. The second-order valence-electron chi connectivity index (χ2n) is 4.19. The molecule has 3 heteroatoms. The highest BCUT2D eigenvalue weighted by molar-refractivity contribution is 7.07. The van der Waals surface area contributed by atoms with E-state index < -0.39 is 0 Å². The molecule has 1 aromatic rings. The molecule has 2 atom stereocenters. The average molecular weight is 227 g/mol. The molecule has 0 saturated carbocycles. The molecule has 0 fully saturated rings. The summed E-state index contributed by atoms with van der Waals surface area (Å²) in [7, 11) is 2.08. The van der Waals surface area contributed by atoms with Gasteiger partial charge in [-0.15, -0.1) is 0 Å². The van der Waals surface area contributed by atoms with Gasteiger partial charge in [-0.1, -0.05) is 6.92 Å². The Morgan fingerprint density at radius 3 is 2.80 bits per heavy atom. The second-order valence-corrected chi connectivity index (χ2v) is 4.97. The van der Waals surface area contributed by atoms with E-state index in [1.807, 2.05) is 6.92 Å². The van der Waals surface area contributed by atoms with Crippen molar-refractivity contribution in [3.8, 4) is 0 Å². The van der Waals surface area contributed by atoms with Gasteiger partial charge in [-0.3, -0.25) is 0 Å². The van der Waals surface area contributed by atoms with Crippen molar-refractivity contribution in [2.75, 3.05) is 13.6 Å². The molecule has 0 amide bonds. The number of aliphatic hydroxyl groups excluding tert-OH is 1. The van der Waals surface area contributed by atoms with Crippen LogP contribution in [-0.4, -0.2) is 35.7 Å². The Labute approximate surface area is 96.5 Å². The van der Waals surface area contributed by atoms with Crippen LogP contribution in [0.25, 0.3) is 0 Å². The zero-order chi connectivity index (χ0) is 11.3. The number of hydrogen-bond acceptors (Lipinski definition) is 3. The van der Waals surface area contributed by atoms with Gasteiger partial charge < -0.3 is 10.0 Å². The monoisotopic (exact) mass is 227 g/mol. The van der Waals surface area contributed by atoms with Crippen molar-refractivity contribution in [1.82, 2.24) is 4.90 Å². The highest BCUT2D eigenvalue weighted by Gasteiger charge is 2.13. The van der Waals surface area contributed by atoms with Gasteiger partial charge in [0, 0.05) is 12.6 Å². The predicted molar refractivity (Wildman–Crippen MR) is 66.4 cm³/mol. The molecule has 0 spiro atoms. The summed E-state index contributed by atoms with van der Waals surface area (Å²) in [5, 5.41) is 13.9. The summed E-state index contributed by atoms with van der Waals surface area (Å²) in [5.74, 6) is 0. The summed E-state index contributed by atoms with van der Waals surface area (Å²) in [6, 6.07) is 2.66. The van der Waals surface area contributed by atoms with E-state index in [1.165, 1.54) is 5.56 Å². The Morgan fingerprint density at radius 2 is 2.27 bits per heavy atom. The first kappa shape index (κ1) is 12.7. The fraction of sp³-hybridized carbons (Fsp3) is 0.667. The van der Waals surface area contributed by atoms with Gasteiger partial charge in [-0.2, -0.15) is 11.3 Å². The van der Waals surface area contributed by atoms with Crippen LogP contribution in [0.15, 0.2) is 16.8 Å². The first-order chi connectivity index (χ1) is 7.13. The summed E-state index contributed by atoms with van der Waals surface area (Å²) in [6.45, 7) is 4.99. The molecule has 0 aliphatic heterocycles. The maximum Gasteiger partial charge on any atom is 0.0664 e. The molecule has 1 heterocycles. The van der Waals surface area contributed by atoms with Crippen molar-refractivity contribution < 1.29 is 5.11 Å². The van der Waals surface area contributed by atoms with Gasteiger partial charge in [-0.25, -0.2) is 0 Å². The third-order valence-corrected chi connectivity index (χ3v) is 3.57. The van der Waals surface area contributed by atoms with Crippen LogP contribution in [0.5, 0.6) is 0 Å². The summed E-state index contributed by atoms with van der Waals surface area (Å²) in [6.07, 6.45) is 1.70. The zero-order valence-corrected chi connectivity index (χ0v) is 10.6. The van der Waals surface area contributed by atoms with Gasteiger partial charge in [0.1, 0.15) is 0 Å². The molecule has 0 radical (unpaired) electrons. The van der Waals surface area contributed by atoms with Gasteiger partial charge in [0.25, 0.3) is 0 Å². The van der Waals surface area contributed by atoms with E-state index in [2.05, 4.69) is 35.7 Å². The Morgan fingerprint density at radius 1 is 1.53 bits per heavy atom. The largest absolute Gasteiger partial charge is 0.392 e. The first-order valence-corrected chi connectivity index (χ1v) is 6.47. The molecule has 0 aromatic carbocycles. The Kier molecular flexibility index (Phi) is 5.29. The van der Waals surface area contributed by atoms with E-state index in [4.69, 9.17) is 0 Å². The molecule has 0 aliphatic carbocycles. The van der Waals surface area contributed by atoms with Gasteiger partial charge in [0.2, 0.25) is 0 Å². The molecule has 0 bridgehead atoms. The third-order valence-electron chi connectivity index (χ3n) is 2.83. The van der Waals surface area contributed by atoms with Crippen molar-refractivity contribution in [1.29, 1.82) is 0 Å². The van der Waals surface area contributed by atoms with E-state index >= 15 is 0 Å². The second kappa shape index (κ2) is 6.26. The van der Waals surface area contributed by atoms with Crippen molar-refractivity contribution in [2.24, 2.45) is 0 Å². The number of likely N-dealkylation sites (N-methyl/N-ethyl adjacent to an activating group) is 1. The summed E-state index contributed by atoms with van der Waals surface area (Å²) < 4.78 is 0. The van der Waals surface area contributed by atoms with E-state index in [1.54, 1.807) is 11.3 Å². The summed E-state index contributed by atoms with van der Waals surface area (Å²) in [5.41, 5.74) is 1.39. The minimum absolute atomic E-state index is 0.195. The third kappa shape index (κ3) is 4.33. The lowest BCUT2D eigenvalue weighted by atomic mass is 10.1. The maximum atomic E-state index is 9.56. The lowest BCUT2D eigenvalue weighted by Gasteiger charge is -2.26. The van der Waals surface area contributed by atoms with Crippen LogP contribution < -0.4 is 0 Å². The van der Waals surface area contributed by atoms with Crippen LogP contribution in [0.2, 0.25) is 0 Å². The van der Waals surface area contributed by atoms with Crippen molar-refractivity contribution in [2.45, 2.75) is 38.8 Å². The van der Waals surface area contributed by atoms with E-state index in [9.17, 15) is 5.11 Å². The lowest BCUT2D eigenvalue weighted by Crippen LogP contribution is -2.36. The summed E-state index contributed by atoms with van der Waals surface area (Å²) >= 11 is 1.74. The minimum atomic E-state index is -0.195. The van der Waals surface area contributed by atoms with Crippen LogP contribution in [0.3, 0.4) is 0 Å². The number of hydrogen-bond donors (Lipinski definition) is 1. The molecule has 15 heavy (non-hydrogen) atoms. The number of rotatable bonds is 6. The van der Waals surface area contributed by atoms with Gasteiger partial charge in [-0.05, 0) is 49.2 Å². The molecule has 2 nitrogen and oxygen atoms in total. The Balaban J connectivity index is 2.36.